The molecule has 0 aliphatic heterocycles. The fourth-order valence-corrected chi connectivity index (χ4v) is 3.74. The van der Waals surface area contributed by atoms with Crippen LogP contribution in [-0.4, -0.2) is 13.0 Å². The lowest BCUT2D eigenvalue weighted by atomic mass is 10.0. The number of benzene rings is 2. The molecule has 3 nitrogen and oxygen atoms in total. The normalized spacial score (nSPS) is 11.9. The second kappa shape index (κ2) is 8.46. The molecule has 0 amide bonds. The molecule has 2 aromatic rings. The van der Waals surface area contributed by atoms with Crippen LogP contribution < -0.4 is 0 Å². The van der Waals surface area contributed by atoms with Gasteiger partial charge in [-0.1, -0.05) is 69.7 Å². The Morgan fingerprint density at radius 3 is 2.04 bits per heavy atom. The quantitative estimate of drug-likeness (QED) is 0.495. The zero-order valence-corrected chi connectivity index (χ0v) is 14.6. The van der Waals surface area contributed by atoms with Crippen LogP contribution in [0.15, 0.2) is 41.3 Å². The van der Waals surface area contributed by atoms with Gasteiger partial charge < -0.3 is 0 Å². The van der Waals surface area contributed by atoms with Gasteiger partial charge in [-0.3, -0.25) is 4.55 Å². The van der Waals surface area contributed by atoms with Crippen molar-refractivity contribution in [2.75, 3.05) is 0 Å². The van der Waals surface area contributed by atoms with E-state index in [9.17, 15) is 13.0 Å². The molecule has 0 aliphatic rings. The first kappa shape index (κ1) is 18.0. The van der Waals surface area contributed by atoms with Gasteiger partial charge in [0.15, 0.2) is 0 Å². The molecule has 0 aromatic heterocycles. The Bertz CT molecular complexity index is 735. The summed E-state index contributed by atoms with van der Waals surface area (Å²) < 4.78 is 32.8. The van der Waals surface area contributed by atoms with Crippen molar-refractivity contribution in [1.29, 1.82) is 0 Å². The first-order valence-corrected chi connectivity index (χ1v) is 9.95. The van der Waals surface area contributed by atoms with Crippen molar-refractivity contribution in [3.63, 3.8) is 0 Å². The van der Waals surface area contributed by atoms with Crippen molar-refractivity contribution in [2.45, 2.75) is 63.2 Å². The monoisotopic (exact) mass is 334 g/mol. The van der Waals surface area contributed by atoms with Crippen LogP contribution in [0.4, 0.5) is 0 Å². The summed E-state index contributed by atoms with van der Waals surface area (Å²) in [5.74, 6) is 0. The summed E-state index contributed by atoms with van der Waals surface area (Å²) in [6.07, 6.45) is 8.99. The van der Waals surface area contributed by atoms with Crippen molar-refractivity contribution >= 4 is 20.9 Å². The summed E-state index contributed by atoms with van der Waals surface area (Å²) in [6.45, 7) is 2.20. The van der Waals surface area contributed by atoms with Gasteiger partial charge in [0.25, 0.3) is 10.1 Å². The highest BCUT2D eigenvalue weighted by molar-refractivity contribution is 7.85. The number of rotatable bonds is 9. The highest BCUT2D eigenvalue weighted by Crippen LogP contribution is 2.25. The lowest BCUT2D eigenvalue weighted by Gasteiger charge is -2.10. The standard InChI is InChI=1S/C19H26O3S/c1-2-3-4-5-6-7-8-13-18-14-16-11-9-10-12-17(16)15-19(18)23(20,21)22/h9-12,14-15H,2-8,13H2,1H3,(H,20,21,22). The summed E-state index contributed by atoms with van der Waals surface area (Å²) in [5.41, 5.74) is 0.722. The maximum atomic E-state index is 11.7. The average Bonchev–Trinajstić information content (AvgIpc) is 2.52. The summed E-state index contributed by atoms with van der Waals surface area (Å²) in [5, 5.41) is 1.85. The molecular weight excluding hydrogens is 308 g/mol. The molecule has 4 heteroatoms. The van der Waals surface area contributed by atoms with Gasteiger partial charge in [0, 0.05) is 0 Å². The fourth-order valence-electron chi connectivity index (χ4n) is 2.97. The van der Waals surface area contributed by atoms with Crippen molar-refractivity contribution in [3.05, 3.63) is 42.0 Å². The van der Waals surface area contributed by atoms with Crippen LogP contribution in [-0.2, 0) is 16.5 Å². The second-order valence-corrected chi connectivity index (χ2v) is 7.54. The third-order valence-corrected chi connectivity index (χ3v) is 5.19. The van der Waals surface area contributed by atoms with E-state index in [1.54, 1.807) is 6.07 Å². The summed E-state index contributed by atoms with van der Waals surface area (Å²) in [7, 11) is -4.18. The predicted octanol–water partition coefficient (Wildman–Crippen LogP) is 5.38. The Hall–Kier alpha value is -1.39. The third kappa shape index (κ3) is 5.33. The Morgan fingerprint density at radius 1 is 0.870 bits per heavy atom. The van der Waals surface area contributed by atoms with Crippen LogP contribution in [0.5, 0.6) is 0 Å². The molecule has 2 aromatic carbocycles. The van der Waals surface area contributed by atoms with E-state index in [0.717, 1.165) is 29.2 Å². The molecule has 0 radical (unpaired) electrons. The van der Waals surface area contributed by atoms with Gasteiger partial charge in [-0.05, 0) is 41.3 Å². The Balaban J connectivity index is 2.06. The second-order valence-electron chi connectivity index (χ2n) is 6.15. The van der Waals surface area contributed by atoms with E-state index < -0.39 is 10.1 Å². The SMILES string of the molecule is CCCCCCCCCc1cc2ccccc2cc1S(=O)(=O)O. The van der Waals surface area contributed by atoms with Crippen LogP contribution in [0.2, 0.25) is 0 Å². The highest BCUT2D eigenvalue weighted by atomic mass is 32.2. The molecule has 0 saturated carbocycles. The number of hydrogen-bond acceptors (Lipinski definition) is 2. The molecule has 23 heavy (non-hydrogen) atoms. The van der Waals surface area contributed by atoms with Crippen molar-refractivity contribution in [2.24, 2.45) is 0 Å². The first-order valence-electron chi connectivity index (χ1n) is 8.51. The summed E-state index contributed by atoms with van der Waals surface area (Å²) in [4.78, 5) is 0.0576. The topological polar surface area (TPSA) is 54.4 Å². The lowest BCUT2D eigenvalue weighted by Crippen LogP contribution is -2.03. The average molecular weight is 334 g/mol. The van der Waals surface area contributed by atoms with Gasteiger partial charge in [-0.2, -0.15) is 8.42 Å². The smallest absolute Gasteiger partial charge is 0.282 e. The molecule has 0 unspecified atom stereocenters. The minimum Gasteiger partial charge on any atom is -0.282 e. The number of fused-ring (bicyclic) bond motifs is 1. The zero-order chi connectivity index (χ0) is 16.7. The maximum Gasteiger partial charge on any atom is 0.294 e. The zero-order valence-electron chi connectivity index (χ0n) is 13.8. The molecule has 0 atom stereocenters. The van der Waals surface area contributed by atoms with Crippen molar-refractivity contribution < 1.29 is 13.0 Å². The molecule has 0 heterocycles. The molecule has 2 rings (SSSR count). The van der Waals surface area contributed by atoms with Gasteiger partial charge >= 0.3 is 0 Å². The van der Waals surface area contributed by atoms with Gasteiger partial charge in [-0.25, -0.2) is 0 Å². The van der Waals surface area contributed by atoms with E-state index >= 15 is 0 Å². The summed E-state index contributed by atoms with van der Waals surface area (Å²) >= 11 is 0. The predicted molar refractivity (Wildman–Crippen MR) is 95.5 cm³/mol. The molecule has 0 bridgehead atoms. The van der Waals surface area contributed by atoms with Crippen LogP contribution >= 0.6 is 0 Å². The van der Waals surface area contributed by atoms with Crippen LogP contribution in [0.3, 0.4) is 0 Å². The van der Waals surface area contributed by atoms with Gasteiger partial charge in [-0.15, -0.1) is 0 Å². The molecule has 0 spiro atoms. The van der Waals surface area contributed by atoms with E-state index in [1.807, 2.05) is 30.3 Å². The lowest BCUT2D eigenvalue weighted by molar-refractivity contribution is 0.482. The highest BCUT2D eigenvalue weighted by Gasteiger charge is 2.16. The number of hydrogen-bond donors (Lipinski definition) is 1. The van der Waals surface area contributed by atoms with Crippen LogP contribution in [0, 0.1) is 0 Å². The number of aryl methyl sites for hydroxylation is 1. The molecule has 0 saturated heterocycles. The van der Waals surface area contributed by atoms with E-state index in [-0.39, 0.29) is 4.90 Å². The van der Waals surface area contributed by atoms with Crippen LogP contribution in [0.25, 0.3) is 10.8 Å². The van der Waals surface area contributed by atoms with E-state index in [2.05, 4.69) is 6.92 Å². The van der Waals surface area contributed by atoms with E-state index in [4.69, 9.17) is 0 Å². The fraction of sp³-hybridized carbons (Fsp3) is 0.474. The van der Waals surface area contributed by atoms with E-state index in [1.165, 1.54) is 32.1 Å². The van der Waals surface area contributed by atoms with Crippen molar-refractivity contribution in [3.8, 4) is 0 Å². The van der Waals surface area contributed by atoms with Gasteiger partial charge in [0.1, 0.15) is 0 Å². The molecule has 126 valence electrons. The molecule has 0 fully saturated rings. The van der Waals surface area contributed by atoms with Crippen LogP contribution in [0.1, 0.15) is 57.4 Å². The molecule has 1 N–H and O–H groups in total. The first-order chi connectivity index (χ1) is 11.0. The Kier molecular flexibility index (Phi) is 6.60. The Labute approximate surface area is 139 Å². The minimum atomic E-state index is -4.18. The largest absolute Gasteiger partial charge is 0.294 e. The summed E-state index contributed by atoms with van der Waals surface area (Å²) in [6, 6.07) is 11.1. The molecular formula is C19H26O3S. The van der Waals surface area contributed by atoms with Crippen molar-refractivity contribution in [1.82, 2.24) is 0 Å². The third-order valence-electron chi connectivity index (χ3n) is 4.26. The minimum absolute atomic E-state index is 0.0576. The van der Waals surface area contributed by atoms with Gasteiger partial charge in [0.05, 0.1) is 4.90 Å². The van der Waals surface area contributed by atoms with E-state index in [0.29, 0.717) is 6.42 Å². The number of unbranched alkanes of at least 4 members (excludes halogenated alkanes) is 6. The van der Waals surface area contributed by atoms with Gasteiger partial charge in [0.2, 0.25) is 0 Å². The maximum absolute atomic E-state index is 11.7. The molecule has 0 aliphatic carbocycles. The Morgan fingerprint density at radius 2 is 1.43 bits per heavy atom.